The number of rotatable bonds is 5. The molecule has 0 aromatic heterocycles. The van der Waals surface area contributed by atoms with Crippen molar-refractivity contribution in [3.8, 4) is 0 Å². The average molecular weight is 187 g/mol. The fourth-order valence-corrected chi connectivity index (χ4v) is 2.66. The molecule has 0 atom stereocenters. The molecule has 0 heterocycles. The third-order valence-electron chi connectivity index (χ3n) is 2.70. The van der Waals surface area contributed by atoms with Crippen molar-refractivity contribution in [2.24, 2.45) is 11.8 Å². The van der Waals surface area contributed by atoms with Crippen molar-refractivity contribution in [3.05, 3.63) is 0 Å². The lowest BCUT2D eigenvalue weighted by molar-refractivity contribution is 0.465. The molecule has 0 aromatic carbocycles. The summed E-state index contributed by atoms with van der Waals surface area (Å²) in [6.07, 6.45) is 0. The molecular formula is C10H25NSi. The smallest absolute Gasteiger partial charge is 0.0975 e. The minimum atomic E-state index is -0.101. The van der Waals surface area contributed by atoms with E-state index >= 15 is 0 Å². The van der Waals surface area contributed by atoms with Gasteiger partial charge in [0.2, 0.25) is 0 Å². The normalized spacial score (nSPS) is 14.0. The summed E-state index contributed by atoms with van der Waals surface area (Å²) < 4.78 is 0. The Labute approximate surface area is 80.2 Å². The Morgan fingerprint density at radius 1 is 1.17 bits per heavy atom. The third kappa shape index (κ3) is 4.94. The number of nitrogens with one attached hydrogen (secondary N) is 1. The van der Waals surface area contributed by atoms with Gasteiger partial charge in [0.05, 0.1) is 9.68 Å². The maximum atomic E-state index is 3.65. The molecule has 0 aliphatic carbocycles. The van der Waals surface area contributed by atoms with Crippen LogP contribution in [0.3, 0.4) is 0 Å². The Kier molecular flexibility index (Phi) is 5.10. The van der Waals surface area contributed by atoms with E-state index in [0.717, 1.165) is 11.8 Å². The summed E-state index contributed by atoms with van der Waals surface area (Å²) in [6, 6.07) is 0. The van der Waals surface area contributed by atoms with Crippen molar-refractivity contribution in [1.29, 1.82) is 0 Å². The SMILES string of the molecule is CC(C)CN[SiH2]C(C)(C)C(C)C. The third-order valence-corrected chi connectivity index (χ3v) is 4.96. The van der Waals surface area contributed by atoms with Crippen molar-refractivity contribution in [2.75, 3.05) is 6.54 Å². The van der Waals surface area contributed by atoms with Gasteiger partial charge in [0.25, 0.3) is 0 Å². The number of hydrogen-bond acceptors (Lipinski definition) is 1. The van der Waals surface area contributed by atoms with Gasteiger partial charge in [0.15, 0.2) is 0 Å². The van der Waals surface area contributed by atoms with Crippen LogP contribution in [0.2, 0.25) is 5.04 Å². The molecule has 0 unspecified atom stereocenters. The molecule has 12 heavy (non-hydrogen) atoms. The van der Waals surface area contributed by atoms with Crippen LogP contribution in [0.15, 0.2) is 0 Å². The Balaban J connectivity index is 3.61. The van der Waals surface area contributed by atoms with E-state index < -0.39 is 0 Å². The van der Waals surface area contributed by atoms with E-state index in [1.807, 2.05) is 0 Å². The molecule has 0 bridgehead atoms. The van der Waals surface area contributed by atoms with Crippen LogP contribution in [0.5, 0.6) is 0 Å². The molecule has 0 fully saturated rings. The summed E-state index contributed by atoms with van der Waals surface area (Å²) in [5.74, 6) is 1.60. The fraction of sp³-hybridized carbons (Fsp3) is 1.00. The lowest BCUT2D eigenvalue weighted by Gasteiger charge is -2.29. The summed E-state index contributed by atoms with van der Waals surface area (Å²) >= 11 is 0. The molecule has 74 valence electrons. The molecule has 0 spiro atoms. The van der Waals surface area contributed by atoms with Crippen LogP contribution in [0.1, 0.15) is 41.5 Å². The zero-order chi connectivity index (χ0) is 9.78. The van der Waals surface area contributed by atoms with Crippen molar-refractivity contribution >= 4 is 9.68 Å². The summed E-state index contributed by atoms with van der Waals surface area (Å²) in [7, 11) is -0.101. The van der Waals surface area contributed by atoms with Crippen molar-refractivity contribution in [3.63, 3.8) is 0 Å². The largest absolute Gasteiger partial charge is 0.341 e. The highest BCUT2D eigenvalue weighted by atomic mass is 28.2. The van der Waals surface area contributed by atoms with E-state index in [2.05, 4.69) is 46.5 Å². The van der Waals surface area contributed by atoms with Gasteiger partial charge in [0, 0.05) is 0 Å². The van der Waals surface area contributed by atoms with E-state index in [-0.39, 0.29) is 9.68 Å². The summed E-state index contributed by atoms with van der Waals surface area (Å²) in [5.41, 5.74) is 0. The molecule has 0 saturated carbocycles. The highest BCUT2D eigenvalue weighted by Gasteiger charge is 2.22. The van der Waals surface area contributed by atoms with Gasteiger partial charge in [-0.2, -0.15) is 0 Å². The van der Waals surface area contributed by atoms with Gasteiger partial charge in [-0.25, -0.2) is 0 Å². The van der Waals surface area contributed by atoms with Gasteiger partial charge in [0.1, 0.15) is 0 Å². The summed E-state index contributed by atoms with van der Waals surface area (Å²) in [4.78, 5) is 3.65. The van der Waals surface area contributed by atoms with E-state index in [9.17, 15) is 0 Å². The van der Waals surface area contributed by atoms with Crippen LogP contribution in [-0.4, -0.2) is 16.2 Å². The average Bonchev–Trinajstić information content (AvgIpc) is 1.85. The highest BCUT2D eigenvalue weighted by Crippen LogP contribution is 2.31. The van der Waals surface area contributed by atoms with Gasteiger partial charge in [-0.1, -0.05) is 41.5 Å². The zero-order valence-electron chi connectivity index (χ0n) is 9.57. The van der Waals surface area contributed by atoms with Crippen LogP contribution >= 0.6 is 0 Å². The van der Waals surface area contributed by atoms with Crippen LogP contribution in [0.25, 0.3) is 0 Å². The summed E-state index contributed by atoms with van der Waals surface area (Å²) in [6.45, 7) is 15.2. The van der Waals surface area contributed by atoms with E-state index in [1.54, 1.807) is 0 Å². The lowest BCUT2D eigenvalue weighted by Crippen LogP contribution is -2.34. The van der Waals surface area contributed by atoms with Gasteiger partial charge >= 0.3 is 0 Å². The topological polar surface area (TPSA) is 12.0 Å². The van der Waals surface area contributed by atoms with Gasteiger partial charge in [-0.05, 0) is 23.4 Å². The Morgan fingerprint density at radius 3 is 2.00 bits per heavy atom. The maximum Gasteiger partial charge on any atom is 0.0975 e. The Bertz CT molecular complexity index is 119. The number of hydrogen-bond donors (Lipinski definition) is 1. The summed E-state index contributed by atoms with van der Waals surface area (Å²) in [5, 5.41) is 0.564. The minimum absolute atomic E-state index is 0.101. The zero-order valence-corrected chi connectivity index (χ0v) is 11.0. The second-order valence-electron chi connectivity index (χ2n) is 5.17. The molecule has 0 aromatic rings. The van der Waals surface area contributed by atoms with Crippen molar-refractivity contribution in [1.82, 2.24) is 4.98 Å². The minimum Gasteiger partial charge on any atom is -0.341 e. The van der Waals surface area contributed by atoms with Crippen molar-refractivity contribution < 1.29 is 0 Å². The van der Waals surface area contributed by atoms with Crippen molar-refractivity contribution in [2.45, 2.75) is 46.6 Å². The molecule has 2 heteroatoms. The predicted octanol–water partition coefficient (Wildman–Crippen LogP) is 2.17. The fourth-order valence-electron chi connectivity index (χ4n) is 0.887. The van der Waals surface area contributed by atoms with E-state index in [0.29, 0.717) is 5.04 Å². The van der Waals surface area contributed by atoms with Crippen LogP contribution < -0.4 is 4.98 Å². The first kappa shape index (κ1) is 12.2. The molecule has 0 amide bonds. The van der Waals surface area contributed by atoms with Crippen LogP contribution in [-0.2, 0) is 0 Å². The monoisotopic (exact) mass is 187 g/mol. The predicted molar refractivity (Wildman–Crippen MR) is 60.3 cm³/mol. The second kappa shape index (κ2) is 5.03. The van der Waals surface area contributed by atoms with E-state index in [1.165, 1.54) is 6.54 Å². The first-order chi connectivity index (χ1) is 5.36. The molecule has 0 rings (SSSR count). The highest BCUT2D eigenvalue weighted by molar-refractivity contribution is 6.36. The molecule has 0 saturated heterocycles. The molecular weight excluding hydrogens is 162 g/mol. The standard InChI is InChI=1S/C10H25NSi/c1-8(2)7-11-12-10(5,6)9(3)4/h8-9,11H,7,12H2,1-6H3. The Morgan fingerprint density at radius 2 is 1.67 bits per heavy atom. The van der Waals surface area contributed by atoms with Gasteiger partial charge < -0.3 is 4.98 Å². The van der Waals surface area contributed by atoms with Gasteiger partial charge in [-0.15, -0.1) is 0 Å². The lowest BCUT2D eigenvalue weighted by atomic mass is 9.99. The molecule has 0 aliphatic heterocycles. The van der Waals surface area contributed by atoms with E-state index in [4.69, 9.17) is 0 Å². The molecule has 0 radical (unpaired) electrons. The molecule has 1 nitrogen and oxygen atoms in total. The van der Waals surface area contributed by atoms with Crippen LogP contribution in [0.4, 0.5) is 0 Å². The first-order valence-electron chi connectivity index (χ1n) is 5.07. The maximum absolute atomic E-state index is 3.65. The molecule has 1 N–H and O–H groups in total. The van der Waals surface area contributed by atoms with Crippen LogP contribution in [0, 0.1) is 11.8 Å². The first-order valence-corrected chi connectivity index (χ1v) is 6.48. The second-order valence-corrected chi connectivity index (χ2v) is 7.84. The Hall–Kier alpha value is 0.177. The quantitative estimate of drug-likeness (QED) is 0.651. The van der Waals surface area contributed by atoms with Gasteiger partial charge in [-0.3, -0.25) is 0 Å². The molecule has 0 aliphatic rings.